The molecule has 0 aliphatic carbocycles. The molecule has 0 unspecified atom stereocenters. The van der Waals surface area contributed by atoms with E-state index in [0.29, 0.717) is 0 Å². The van der Waals surface area contributed by atoms with Gasteiger partial charge in [-0.2, -0.15) is 0 Å². The Labute approximate surface area is 103 Å². The SMILES string of the molecule is NS(=O)(=O)c1ccc(F)c(-c2ccccc2)c1F. The lowest BCUT2D eigenvalue weighted by molar-refractivity contribution is 0.554. The highest BCUT2D eigenvalue weighted by molar-refractivity contribution is 7.89. The van der Waals surface area contributed by atoms with E-state index in [9.17, 15) is 17.2 Å². The highest BCUT2D eigenvalue weighted by Gasteiger charge is 2.21. The number of hydrogen-bond acceptors (Lipinski definition) is 2. The molecule has 0 heterocycles. The van der Waals surface area contributed by atoms with Crippen LogP contribution in [0.5, 0.6) is 0 Å². The molecule has 6 heteroatoms. The lowest BCUT2D eigenvalue weighted by Gasteiger charge is -2.08. The fourth-order valence-electron chi connectivity index (χ4n) is 1.62. The number of halogens is 2. The van der Waals surface area contributed by atoms with Gasteiger partial charge in [0.2, 0.25) is 10.0 Å². The van der Waals surface area contributed by atoms with Gasteiger partial charge < -0.3 is 0 Å². The summed E-state index contributed by atoms with van der Waals surface area (Å²) in [4.78, 5) is -0.720. The Morgan fingerprint density at radius 3 is 2.11 bits per heavy atom. The highest BCUT2D eigenvalue weighted by Crippen LogP contribution is 2.29. The van der Waals surface area contributed by atoms with E-state index < -0.39 is 32.1 Å². The average Bonchev–Trinajstić information content (AvgIpc) is 2.28. The molecule has 2 rings (SSSR count). The normalized spacial score (nSPS) is 11.5. The Kier molecular flexibility index (Phi) is 3.14. The molecule has 2 aromatic carbocycles. The van der Waals surface area contributed by atoms with Crippen LogP contribution in [-0.4, -0.2) is 8.42 Å². The van der Waals surface area contributed by atoms with Gasteiger partial charge in [0.05, 0.1) is 5.56 Å². The Morgan fingerprint density at radius 1 is 0.944 bits per heavy atom. The average molecular weight is 269 g/mol. The summed E-state index contributed by atoms with van der Waals surface area (Å²) in [5.41, 5.74) is -0.153. The van der Waals surface area contributed by atoms with Crippen LogP contribution in [0.25, 0.3) is 11.1 Å². The molecule has 0 spiro atoms. The molecule has 0 bridgehead atoms. The van der Waals surface area contributed by atoms with Crippen LogP contribution in [0.3, 0.4) is 0 Å². The van der Waals surface area contributed by atoms with E-state index in [1.807, 2.05) is 0 Å². The summed E-state index contributed by atoms with van der Waals surface area (Å²) in [5, 5.41) is 4.86. The Balaban J connectivity index is 2.76. The van der Waals surface area contributed by atoms with Gasteiger partial charge in [0.1, 0.15) is 10.7 Å². The molecule has 0 saturated heterocycles. The highest BCUT2D eigenvalue weighted by atomic mass is 32.2. The molecule has 0 radical (unpaired) electrons. The van der Waals surface area contributed by atoms with Crippen molar-refractivity contribution in [3.05, 3.63) is 54.1 Å². The summed E-state index contributed by atoms with van der Waals surface area (Å²) in [6, 6.07) is 9.53. The molecule has 94 valence electrons. The van der Waals surface area contributed by atoms with E-state index in [4.69, 9.17) is 5.14 Å². The summed E-state index contributed by atoms with van der Waals surface area (Å²) >= 11 is 0. The van der Waals surface area contributed by atoms with Crippen molar-refractivity contribution < 1.29 is 17.2 Å². The van der Waals surface area contributed by atoms with Crippen molar-refractivity contribution >= 4 is 10.0 Å². The van der Waals surface area contributed by atoms with Gasteiger partial charge in [-0.15, -0.1) is 0 Å². The number of nitrogens with two attached hydrogens (primary N) is 1. The fraction of sp³-hybridized carbons (Fsp3) is 0. The van der Waals surface area contributed by atoms with Gasteiger partial charge in [0.15, 0.2) is 5.82 Å². The number of sulfonamides is 1. The summed E-state index contributed by atoms with van der Waals surface area (Å²) in [6.07, 6.45) is 0. The van der Waals surface area contributed by atoms with Gasteiger partial charge >= 0.3 is 0 Å². The van der Waals surface area contributed by atoms with Crippen molar-refractivity contribution in [3.8, 4) is 11.1 Å². The molecule has 0 aromatic heterocycles. The van der Waals surface area contributed by atoms with Crippen molar-refractivity contribution in [1.82, 2.24) is 0 Å². The zero-order chi connectivity index (χ0) is 13.3. The second-order valence-electron chi connectivity index (χ2n) is 3.65. The Morgan fingerprint density at radius 2 is 1.56 bits per heavy atom. The van der Waals surface area contributed by atoms with E-state index in [1.165, 1.54) is 12.1 Å². The second kappa shape index (κ2) is 4.47. The zero-order valence-electron chi connectivity index (χ0n) is 9.10. The molecule has 0 atom stereocenters. The predicted octanol–water partition coefficient (Wildman–Crippen LogP) is 2.28. The summed E-state index contributed by atoms with van der Waals surface area (Å²) in [6.45, 7) is 0. The van der Waals surface area contributed by atoms with Crippen molar-refractivity contribution in [1.29, 1.82) is 0 Å². The van der Waals surface area contributed by atoms with Crippen LogP contribution in [0.2, 0.25) is 0 Å². The van der Waals surface area contributed by atoms with Crippen LogP contribution in [0.1, 0.15) is 0 Å². The smallest absolute Gasteiger partial charge is 0.225 e. The molecule has 18 heavy (non-hydrogen) atoms. The van der Waals surface area contributed by atoms with Gasteiger partial charge in [-0.3, -0.25) is 0 Å². The lowest BCUT2D eigenvalue weighted by Crippen LogP contribution is -2.15. The minimum absolute atomic E-state index is 0.248. The minimum atomic E-state index is -4.22. The van der Waals surface area contributed by atoms with E-state index in [1.54, 1.807) is 18.2 Å². The first-order valence-corrected chi connectivity index (χ1v) is 6.52. The van der Waals surface area contributed by atoms with Crippen LogP contribution in [0.15, 0.2) is 47.4 Å². The second-order valence-corrected chi connectivity index (χ2v) is 5.18. The number of benzene rings is 2. The van der Waals surface area contributed by atoms with Crippen molar-refractivity contribution in [3.63, 3.8) is 0 Å². The molecule has 2 N–H and O–H groups in total. The quantitative estimate of drug-likeness (QED) is 0.909. The summed E-state index contributed by atoms with van der Waals surface area (Å²) < 4.78 is 50.0. The number of hydrogen-bond donors (Lipinski definition) is 1. The Hall–Kier alpha value is -1.79. The van der Waals surface area contributed by atoms with Gasteiger partial charge in [-0.1, -0.05) is 30.3 Å². The molecule has 0 aliphatic rings. The van der Waals surface area contributed by atoms with Crippen LogP contribution >= 0.6 is 0 Å². The van der Waals surface area contributed by atoms with E-state index in [-0.39, 0.29) is 5.56 Å². The first-order chi connectivity index (χ1) is 8.41. The van der Waals surface area contributed by atoms with Crippen molar-refractivity contribution in [2.45, 2.75) is 4.90 Å². The summed E-state index contributed by atoms with van der Waals surface area (Å²) in [7, 11) is -4.22. The third-order valence-corrected chi connectivity index (χ3v) is 3.35. The molecule has 3 nitrogen and oxygen atoms in total. The maximum atomic E-state index is 14.0. The molecule has 0 aliphatic heterocycles. The predicted molar refractivity (Wildman–Crippen MR) is 63.2 cm³/mol. The first kappa shape index (κ1) is 12.7. The topological polar surface area (TPSA) is 60.2 Å². The number of primary sulfonamides is 1. The first-order valence-electron chi connectivity index (χ1n) is 4.97. The monoisotopic (exact) mass is 269 g/mol. The molecule has 2 aromatic rings. The Bertz CT molecular complexity index is 685. The van der Waals surface area contributed by atoms with Gasteiger partial charge in [0.25, 0.3) is 0 Å². The van der Waals surface area contributed by atoms with E-state index >= 15 is 0 Å². The third kappa shape index (κ3) is 2.25. The fourth-order valence-corrected chi connectivity index (χ4v) is 2.23. The maximum absolute atomic E-state index is 14.0. The van der Waals surface area contributed by atoms with Crippen LogP contribution in [-0.2, 0) is 10.0 Å². The summed E-state index contributed by atoms with van der Waals surface area (Å²) in [5.74, 6) is -2.02. The van der Waals surface area contributed by atoms with Crippen molar-refractivity contribution in [2.24, 2.45) is 5.14 Å². The molecule has 0 fully saturated rings. The van der Waals surface area contributed by atoms with E-state index in [2.05, 4.69) is 0 Å². The van der Waals surface area contributed by atoms with Gasteiger partial charge in [-0.05, 0) is 17.7 Å². The van der Waals surface area contributed by atoms with Crippen LogP contribution in [0, 0.1) is 11.6 Å². The zero-order valence-corrected chi connectivity index (χ0v) is 9.92. The van der Waals surface area contributed by atoms with E-state index in [0.717, 1.165) is 12.1 Å². The maximum Gasteiger partial charge on any atom is 0.240 e. The third-order valence-electron chi connectivity index (χ3n) is 2.42. The molecule has 0 saturated carbocycles. The van der Waals surface area contributed by atoms with Crippen LogP contribution < -0.4 is 5.14 Å². The molecular weight excluding hydrogens is 260 g/mol. The molecular formula is C12H9F2NO2S. The van der Waals surface area contributed by atoms with Gasteiger partial charge in [-0.25, -0.2) is 22.3 Å². The van der Waals surface area contributed by atoms with Crippen molar-refractivity contribution in [2.75, 3.05) is 0 Å². The largest absolute Gasteiger partial charge is 0.240 e. The standard InChI is InChI=1S/C12H9F2NO2S/c13-9-6-7-10(18(15,16)17)12(14)11(9)8-4-2-1-3-5-8/h1-7H,(H2,15,16,17). The minimum Gasteiger partial charge on any atom is -0.225 e. The number of rotatable bonds is 2. The molecule has 0 amide bonds. The van der Waals surface area contributed by atoms with Gasteiger partial charge in [0, 0.05) is 0 Å². The lowest BCUT2D eigenvalue weighted by atomic mass is 10.0. The van der Waals surface area contributed by atoms with Crippen LogP contribution in [0.4, 0.5) is 8.78 Å².